The number of hydrogen-bond donors (Lipinski definition) is 1. The van der Waals surface area contributed by atoms with E-state index in [2.05, 4.69) is 25.8 Å². The van der Waals surface area contributed by atoms with Crippen molar-refractivity contribution in [2.75, 3.05) is 5.32 Å². The van der Waals surface area contributed by atoms with Gasteiger partial charge in [0.05, 0.1) is 5.69 Å². The number of para-hydroxylation sites is 1. The number of benzene rings is 1. The van der Waals surface area contributed by atoms with Crippen LogP contribution in [0.15, 0.2) is 46.7 Å². The Morgan fingerprint density at radius 2 is 2.03 bits per heavy atom. The number of aromatic nitrogens is 7. The summed E-state index contributed by atoms with van der Waals surface area (Å²) in [4.78, 5) is 29.9. The molecule has 1 aliphatic rings. The summed E-state index contributed by atoms with van der Waals surface area (Å²) in [6, 6.07) is 9.80. The van der Waals surface area contributed by atoms with Gasteiger partial charge in [0, 0.05) is 27.3 Å². The maximum Gasteiger partial charge on any atom is 0.229 e. The van der Waals surface area contributed by atoms with E-state index in [1.54, 1.807) is 22.2 Å². The molecule has 1 N–H and O–H groups in total. The highest BCUT2D eigenvalue weighted by atomic mass is 32.2. The number of nitrogens with zero attached hydrogens (tertiary/aromatic N) is 7. The molecule has 6 rings (SSSR count). The van der Waals surface area contributed by atoms with Crippen molar-refractivity contribution >= 4 is 55.7 Å². The van der Waals surface area contributed by atoms with Crippen LogP contribution in [0, 0.1) is 19.8 Å². The van der Waals surface area contributed by atoms with Crippen molar-refractivity contribution in [3.63, 3.8) is 0 Å². The first-order valence-electron chi connectivity index (χ1n) is 11.1. The summed E-state index contributed by atoms with van der Waals surface area (Å²) in [5.41, 5.74) is 2.12. The second-order valence-electron chi connectivity index (χ2n) is 8.28. The molecule has 1 unspecified atom stereocenters. The maximum atomic E-state index is 12.9. The summed E-state index contributed by atoms with van der Waals surface area (Å²) in [5, 5.41) is 18.5. The second kappa shape index (κ2) is 9.10. The van der Waals surface area contributed by atoms with Crippen LogP contribution in [0.4, 0.5) is 5.13 Å². The quantitative estimate of drug-likeness (QED) is 0.334. The third kappa shape index (κ3) is 4.32. The number of carbonyl (C=O) groups excluding carboxylic acids is 1. The van der Waals surface area contributed by atoms with Crippen LogP contribution in [0.1, 0.15) is 27.6 Å². The van der Waals surface area contributed by atoms with Gasteiger partial charge < -0.3 is 5.32 Å². The smallest absolute Gasteiger partial charge is 0.229 e. The first-order valence-corrected chi connectivity index (χ1v) is 13.5. The van der Waals surface area contributed by atoms with E-state index in [0.717, 1.165) is 38.6 Å². The Bertz CT molecular complexity index is 1540. The molecule has 0 saturated heterocycles. The van der Waals surface area contributed by atoms with E-state index in [9.17, 15) is 4.79 Å². The lowest BCUT2D eigenvalue weighted by Gasteiger charge is -2.21. The third-order valence-corrected chi connectivity index (χ3v) is 8.74. The van der Waals surface area contributed by atoms with Crippen LogP contribution in [0.2, 0.25) is 0 Å². The molecule has 1 aliphatic carbocycles. The Balaban J connectivity index is 1.31. The van der Waals surface area contributed by atoms with Gasteiger partial charge in [-0.15, -0.1) is 27.8 Å². The van der Waals surface area contributed by atoms with Crippen LogP contribution >= 0.6 is 34.4 Å². The molecule has 9 nitrogen and oxygen atoms in total. The van der Waals surface area contributed by atoms with Crippen LogP contribution in [-0.4, -0.2) is 41.1 Å². The molecular formula is C23H20N8OS3. The molecule has 176 valence electrons. The van der Waals surface area contributed by atoms with Crippen LogP contribution in [0.5, 0.6) is 0 Å². The summed E-state index contributed by atoms with van der Waals surface area (Å²) in [6.45, 7) is 3.88. The van der Waals surface area contributed by atoms with Gasteiger partial charge in [-0.25, -0.2) is 15.0 Å². The van der Waals surface area contributed by atoms with Gasteiger partial charge in [0.1, 0.15) is 15.7 Å². The zero-order chi connectivity index (χ0) is 23.9. The highest BCUT2D eigenvalue weighted by Gasteiger charge is 2.30. The number of rotatable bonds is 5. The highest BCUT2D eigenvalue weighted by Crippen LogP contribution is 2.42. The molecule has 5 aromatic rings. The molecule has 1 atom stereocenters. The Hall–Kier alpha value is -3.22. The number of fused-ring (bicyclic) bond motifs is 3. The normalized spacial score (nSPS) is 15.3. The number of anilines is 1. The fourth-order valence-electron chi connectivity index (χ4n) is 4.22. The number of thiophene rings is 1. The summed E-state index contributed by atoms with van der Waals surface area (Å²) in [5.74, 6) is 0.641. The van der Waals surface area contributed by atoms with E-state index >= 15 is 0 Å². The Labute approximate surface area is 213 Å². The van der Waals surface area contributed by atoms with Crippen molar-refractivity contribution in [3.05, 3.63) is 57.7 Å². The van der Waals surface area contributed by atoms with Crippen molar-refractivity contribution in [2.45, 2.75) is 43.3 Å². The lowest BCUT2D eigenvalue weighted by atomic mass is 9.87. The summed E-state index contributed by atoms with van der Waals surface area (Å²) >= 11 is 4.60. The third-order valence-electron chi connectivity index (χ3n) is 5.84. The van der Waals surface area contributed by atoms with Gasteiger partial charge in [-0.3, -0.25) is 4.79 Å². The zero-order valence-corrected chi connectivity index (χ0v) is 21.4. The van der Waals surface area contributed by atoms with Crippen molar-refractivity contribution < 1.29 is 4.79 Å². The zero-order valence-electron chi connectivity index (χ0n) is 18.9. The van der Waals surface area contributed by atoms with Gasteiger partial charge in [0.25, 0.3) is 0 Å². The van der Waals surface area contributed by atoms with Gasteiger partial charge in [0.2, 0.25) is 11.1 Å². The number of tetrazole rings is 1. The minimum atomic E-state index is -0.0877. The molecule has 0 spiro atoms. The average molecular weight is 521 g/mol. The Morgan fingerprint density at radius 3 is 2.83 bits per heavy atom. The molecule has 12 heteroatoms. The Morgan fingerprint density at radius 1 is 1.17 bits per heavy atom. The standard InChI is InChI=1S/C23H20N8OS3/c1-12-11-24-22(33-12)27-19(32)14-8-9-16-17(10-14)34-20-18(16)21(26-13(2)25-20)35-23-28-29-30-31(23)15-6-4-3-5-7-15/h3-7,11,14H,8-10H2,1-2H3,(H,24,27,32). The van der Waals surface area contributed by atoms with E-state index in [1.165, 1.54) is 33.5 Å². The molecule has 4 heterocycles. The predicted octanol–water partition coefficient (Wildman–Crippen LogP) is 4.64. The number of hydrogen-bond acceptors (Lipinski definition) is 10. The fourth-order valence-corrected chi connectivity index (χ4v) is 7.28. The number of carbonyl (C=O) groups is 1. The lowest BCUT2D eigenvalue weighted by molar-refractivity contribution is -0.120. The first kappa shape index (κ1) is 22.3. The molecule has 0 radical (unpaired) electrons. The first-order chi connectivity index (χ1) is 17.0. The van der Waals surface area contributed by atoms with Gasteiger partial charge in [-0.1, -0.05) is 18.2 Å². The average Bonchev–Trinajstić information content (AvgIpc) is 3.57. The van der Waals surface area contributed by atoms with Crippen molar-refractivity contribution in [2.24, 2.45) is 5.92 Å². The van der Waals surface area contributed by atoms with Gasteiger partial charge in [0.15, 0.2) is 5.13 Å². The topological polar surface area (TPSA) is 111 Å². The van der Waals surface area contributed by atoms with Crippen LogP contribution in [-0.2, 0) is 17.6 Å². The number of nitrogens with one attached hydrogen (secondary N) is 1. The molecule has 0 fully saturated rings. The fraction of sp³-hybridized carbons (Fsp3) is 0.261. The molecule has 1 aromatic carbocycles. The van der Waals surface area contributed by atoms with E-state index in [0.29, 0.717) is 22.5 Å². The van der Waals surface area contributed by atoms with Crippen molar-refractivity contribution in [1.82, 2.24) is 35.2 Å². The summed E-state index contributed by atoms with van der Waals surface area (Å²) in [7, 11) is 0. The van der Waals surface area contributed by atoms with E-state index in [1.807, 2.05) is 44.2 Å². The maximum absolute atomic E-state index is 12.9. The Kier molecular flexibility index (Phi) is 5.78. The monoisotopic (exact) mass is 520 g/mol. The predicted molar refractivity (Wildman–Crippen MR) is 136 cm³/mol. The molecule has 0 bridgehead atoms. The molecule has 4 aromatic heterocycles. The SMILES string of the molecule is Cc1nc(Sc2nnnn2-c2ccccc2)c2c3c(sc2n1)CC(C(=O)Nc1ncc(C)s1)CC3. The number of thiazole rings is 1. The molecule has 35 heavy (non-hydrogen) atoms. The summed E-state index contributed by atoms with van der Waals surface area (Å²) in [6.07, 6.45) is 4.04. The summed E-state index contributed by atoms with van der Waals surface area (Å²) < 4.78 is 1.72. The van der Waals surface area contributed by atoms with Gasteiger partial charge >= 0.3 is 0 Å². The van der Waals surface area contributed by atoms with Gasteiger partial charge in [-0.05, 0) is 73.0 Å². The van der Waals surface area contributed by atoms with E-state index in [-0.39, 0.29) is 11.8 Å². The van der Waals surface area contributed by atoms with E-state index < -0.39 is 0 Å². The van der Waals surface area contributed by atoms with Crippen LogP contribution in [0.3, 0.4) is 0 Å². The van der Waals surface area contributed by atoms with Crippen LogP contribution in [0.25, 0.3) is 15.9 Å². The molecule has 1 amide bonds. The number of amides is 1. The van der Waals surface area contributed by atoms with Crippen LogP contribution < -0.4 is 5.32 Å². The molecule has 0 aliphatic heterocycles. The van der Waals surface area contributed by atoms with Crippen molar-refractivity contribution in [1.29, 1.82) is 0 Å². The minimum absolute atomic E-state index is 0.0290. The van der Waals surface area contributed by atoms with E-state index in [4.69, 9.17) is 9.97 Å². The van der Waals surface area contributed by atoms with Crippen molar-refractivity contribution in [3.8, 4) is 5.69 Å². The molecule has 0 saturated carbocycles. The minimum Gasteiger partial charge on any atom is -0.302 e. The second-order valence-corrected chi connectivity index (χ2v) is 11.6. The number of aryl methyl sites for hydroxylation is 3. The largest absolute Gasteiger partial charge is 0.302 e. The van der Waals surface area contributed by atoms with Gasteiger partial charge in [-0.2, -0.15) is 4.68 Å². The molecular weight excluding hydrogens is 501 g/mol. The highest BCUT2D eigenvalue weighted by molar-refractivity contribution is 7.99. The lowest BCUT2D eigenvalue weighted by Crippen LogP contribution is -2.27.